The van der Waals surface area contributed by atoms with Gasteiger partial charge in [-0.2, -0.15) is 17.6 Å². The van der Waals surface area contributed by atoms with E-state index in [2.05, 4.69) is 9.72 Å². The number of esters is 1. The van der Waals surface area contributed by atoms with Crippen molar-refractivity contribution in [1.29, 1.82) is 0 Å². The summed E-state index contributed by atoms with van der Waals surface area (Å²) >= 11 is 0. The molecule has 1 aliphatic carbocycles. The quantitative estimate of drug-likeness (QED) is 0.313. The van der Waals surface area contributed by atoms with Crippen LogP contribution < -0.4 is 0 Å². The number of benzene rings is 1. The van der Waals surface area contributed by atoms with Gasteiger partial charge in [0, 0.05) is 44.0 Å². The second kappa shape index (κ2) is 10.2. The molecule has 3 heterocycles. The molecule has 5 rings (SSSR count). The molecule has 200 valence electrons. The number of aryl methyl sites for hydroxylation is 1. The molecule has 10 heteroatoms. The summed E-state index contributed by atoms with van der Waals surface area (Å²) in [6, 6.07) is 8.48. The Morgan fingerprint density at radius 2 is 1.95 bits per heavy atom. The van der Waals surface area contributed by atoms with Crippen LogP contribution in [0, 0.1) is 0 Å². The summed E-state index contributed by atoms with van der Waals surface area (Å²) in [5.74, 6) is -5.15. The number of hydrogen-bond acceptors (Lipinski definition) is 5. The van der Waals surface area contributed by atoms with E-state index in [1.54, 1.807) is 34.9 Å². The van der Waals surface area contributed by atoms with E-state index in [0.29, 0.717) is 53.9 Å². The van der Waals surface area contributed by atoms with E-state index >= 15 is 0 Å². The van der Waals surface area contributed by atoms with Gasteiger partial charge in [-0.1, -0.05) is 11.6 Å². The molecule has 3 aromatic rings. The number of hydrogen-bond donors (Lipinski definition) is 1. The second-order valence-electron chi connectivity index (χ2n) is 9.70. The predicted molar refractivity (Wildman–Crippen MR) is 133 cm³/mol. The number of fused-ring (bicyclic) bond motifs is 2. The zero-order chi connectivity index (χ0) is 27.0. The van der Waals surface area contributed by atoms with E-state index in [9.17, 15) is 27.5 Å². The van der Waals surface area contributed by atoms with Crippen molar-refractivity contribution in [2.45, 2.75) is 45.1 Å². The van der Waals surface area contributed by atoms with Crippen LogP contribution in [0.3, 0.4) is 0 Å². The molecule has 2 aliphatic rings. The van der Waals surface area contributed by atoms with Gasteiger partial charge >= 0.3 is 11.9 Å². The van der Waals surface area contributed by atoms with E-state index in [1.807, 2.05) is 11.1 Å². The fraction of sp³-hybridized carbons (Fsp3) is 0.357. The summed E-state index contributed by atoms with van der Waals surface area (Å²) in [4.78, 5) is 18.5. The highest BCUT2D eigenvalue weighted by molar-refractivity contribution is 5.86. The maximum Gasteiger partial charge on any atom is 0.377 e. The molecule has 0 atom stereocenters. The highest BCUT2D eigenvalue weighted by atomic mass is 19.3. The maximum atomic E-state index is 14.9. The summed E-state index contributed by atoms with van der Waals surface area (Å²) < 4.78 is 61.7. The minimum absolute atomic E-state index is 0.0911. The lowest BCUT2D eigenvalue weighted by Gasteiger charge is -2.32. The van der Waals surface area contributed by atoms with Gasteiger partial charge in [-0.05, 0) is 72.7 Å². The van der Waals surface area contributed by atoms with Crippen LogP contribution in [0.1, 0.15) is 48.6 Å². The summed E-state index contributed by atoms with van der Waals surface area (Å²) in [6.45, 7) is 2.17. The first-order valence-electron chi connectivity index (χ1n) is 12.5. The molecule has 1 saturated heterocycles. The summed E-state index contributed by atoms with van der Waals surface area (Å²) in [5, 5.41) is 10.1. The molecule has 0 amide bonds. The van der Waals surface area contributed by atoms with Crippen molar-refractivity contribution in [2.24, 2.45) is 0 Å². The topological polar surface area (TPSA) is 67.1 Å². The number of phenols is 1. The number of halogens is 4. The number of alkyl halides is 2. The van der Waals surface area contributed by atoms with Crippen molar-refractivity contribution < 1.29 is 32.2 Å². The second-order valence-corrected chi connectivity index (χ2v) is 9.70. The fourth-order valence-electron chi connectivity index (χ4n) is 5.17. The number of aromatic nitrogens is 2. The Bertz CT molecular complexity index is 1450. The van der Waals surface area contributed by atoms with Crippen LogP contribution in [0.15, 0.2) is 60.0 Å². The van der Waals surface area contributed by atoms with Gasteiger partial charge in [0.1, 0.15) is 11.4 Å². The number of aromatic hydroxyl groups is 1. The molecule has 6 nitrogen and oxygen atoms in total. The number of rotatable bonds is 7. The zero-order valence-corrected chi connectivity index (χ0v) is 20.8. The Balaban J connectivity index is 1.54. The van der Waals surface area contributed by atoms with Crippen LogP contribution in [0.4, 0.5) is 17.6 Å². The van der Waals surface area contributed by atoms with Gasteiger partial charge in [0.15, 0.2) is 0 Å². The normalized spacial score (nSPS) is 16.3. The first-order chi connectivity index (χ1) is 18.1. The number of carbonyl (C=O) groups excluding carboxylic acids is 1. The third-order valence-electron chi connectivity index (χ3n) is 6.93. The van der Waals surface area contributed by atoms with Crippen molar-refractivity contribution in [3.8, 4) is 5.75 Å². The van der Waals surface area contributed by atoms with Crippen molar-refractivity contribution >= 4 is 17.2 Å². The monoisotopic (exact) mass is 529 g/mol. The highest BCUT2D eigenvalue weighted by Crippen LogP contribution is 2.41. The number of imidazole rings is 1. The van der Waals surface area contributed by atoms with E-state index < -0.39 is 24.4 Å². The highest BCUT2D eigenvalue weighted by Gasteiger charge is 2.42. The zero-order valence-electron chi connectivity index (χ0n) is 20.8. The van der Waals surface area contributed by atoms with Gasteiger partial charge in [0.05, 0.1) is 12.3 Å². The van der Waals surface area contributed by atoms with Crippen molar-refractivity contribution in [1.82, 2.24) is 14.3 Å². The Hall–Kier alpha value is -3.66. The average molecular weight is 530 g/mol. The Labute approximate surface area is 216 Å². The van der Waals surface area contributed by atoms with Gasteiger partial charge in [-0.3, -0.25) is 4.90 Å². The molecule has 1 aromatic carbocycles. The molecular weight excluding hydrogens is 502 g/mol. The lowest BCUT2D eigenvalue weighted by molar-refractivity contribution is -0.171. The minimum atomic E-state index is -3.69. The van der Waals surface area contributed by atoms with Gasteiger partial charge in [-0.15, -0.1) is 0 Å². The third-order valence-corrected chi connectivity index (χ3v) is 6.93. The molecule has 0 bridgehead atoms. The maximum absolute atomic E-state index is 14.9. The summed E-state index contributed by atoms with van der Waals surface area (Å²) in [5.41, 5.74) is 4.65. The first-order valence-corrected chi connectivity index (χ1v) is 12.5. The Kier molecular flexibility index (Phi) is 7.00. The Morgan fingerprint density at radius 3 is 2.68 bits per heavy atom. The van der Waals surface area contributed by atoms with E-state index in [4.69, 9.17) is 0 Å². The molecule has 38 heavy (non-hydrogen) atoms. The largest absolute Gasteiger partial charge is 0.508 e. The van der Waals surface area contributed by atoms with Gasteiger partial charge in [0.25, 0.3) is 6.08 Å². The summed E-state index contributed by atoms with van der Waals surface area (Å²) in [6.07, 6.45) is 2.70. The lowest BCUT2D eigenvalue weighted by atomic mass is 9.88. The number of ether oxygens (including phenoxy) is 1. The fourth-order valence-corrected chi connectivity index (χ4v) is 5.17. The number of allylic oxidation sites excluding steroid dienone is 1. The smallest absolute Gasteiger partial charge is 0.377 e. The molecule has 1 N–H and O–H groups in total. The average Bonchev–Trinajstić information content (AvgIpc) is 3.15. The van der Waals surface area contributed by atoms with E-state index in [1.165, 1.54) is 13.0 Å². The predicted octanol–water partition coefficient (Wildman–Crippen LogP) is 5.73. The standard InChI is InChI=1S/C28H27F4N3O3/c1-2-38-27(37)28(31,32)12-19-5-3-4-17-10-22(36)6-7-23(17)25(19)18-8-9-35-16-21(33-24(35)11-18)15-34-13-20(14-34)26(29)30/h6-11,16,36H,2-5,12-15H2,1H3. The molecule has 0 unspecified atom stereocenters. The molecule has 0 radical (unpaired) electrons. The van der Waals surface area contributed by atoms with Crippen molar-refractivity contribution in [3.05, 3.63) is 82.3 Å². The number of carbonyl (C=O) groups is 1. The van der Waals surface area contributed by atoms with Crippen LogP contribution in [0.25, 0.3) is 11.2 Å². The van der Waals surface area contributed by atoms with Crippen molar-refractivity contribution in [3.63, 3.8) is 0 Å². The van der Waals surface area contributed by atoms with Crippen molar-refractivity contribution in [2.75, 3.05) is 19.7 Å². The number of nitrogens with zero attached hydrogens (tertiary/aromatic N) is 3. The van der Waals surface area contributed by atoms with E-state index in [-0.39, 0.29) is 31.0 Å². The number of likely N-dealkylation sites (tertiary alicyclic amines) is 1. The molecular formula is C28H27F4N3O3. The van der Waals surface area contributed by atoms with Gasteiger partial charge in [0.2, 0.25) is 0 Å². The van der Waals surface area contributed by atoms with Crippen LogP contribution >= 0.6 is 0 Å². The van der Waals surface area contributed by atoms with E-state index in [0.717, 1.165) is 11.1 Å². The molecule has 2 aromatic heterocycles. The molecule has 0 saturated carbocycles. The molecule has 1 aliphatic heterocycles. The molecule has 0 spiro atoms. The minimum Gasteiger partial charge on any atom is -0.508 e. The van der Waals surface area contributed by atoms with Crippen LogP contribution in [-0.4, -0.2) is 51.0 Å². The number of pyridine rings is 1. The summed E-state index contributed by atoms with van der Waals surface area (Å²) in [7, 11) is 0. The third kappa shape index (κ3) is 5.18. The number of phenolic OH excluding ortho intramolecular Hbond substituents is 1. The van der Waals surface area contributed by atoms with Crippen LogP contribution in [0.2, 0.25) is 0 Å². The van der Waals surface area contributed by atoms with Gasteiger partial charge in [-0.25, -0.2) is 9.78 Å². The SMILES string of the molecule is CCOC(=O)C(F)(F)CC1=C(c2ccn3cc(CN4CC(=C(F)F)C4)nc3c2)c2ccc(O)cc2CCC1. The first kappa shape index (κ1) is 26.0. The molecule has 1 fully saturated rings. The van der Waals surface area contributed by atoms with Crippen LogP contribution in [0.5, 0.6) is 5.75 Å². The lowest BCUT2D eigenvalue weighted by Crippen LogP contribution is -2.39. The van der Waals surface area contributed by atoms with Crippen LogP contribution in [-0.2, 0) is 22.5 Å². The Morgan fingerprint density at radius 1 is 1.16 bits per heavy atom. The van der Waals surface area contributed by atoms with Gasteiger partial charge < -0.3 is 14.2 Å².